The van der Waals surface area contributed by atoms with Crippen LogP contribution >= 0.6 is 11.3 Å². The molecule has 0 N–H and O–H groups in total. The Morgan fingerprint density at radius 2 is 2.44 bits per heavy atom. The second kappa shape index (κ2) is 3.79. The molecule has 0 saturated heterocycles. The summed E-state index contributed by atoms with van der Waals surface area (Å²) in [5.74, 6) is 0.108. The lowest BCUT2D eigenvalue weighted by atomic mass is 10.0. The maximum Gasteiger partial charge on any atom is 0.183 e. The summed E-state index contributed by atoms with van der Waals surface area (Å²) in [6.45, 7) is 0. The Bertz CT molecular complexity index is 522. The van der Waals surface area contributed by atoms with Crippen molar-refractivity contribution < 1.29 is 4.79 Å². The van der Waals surface area contributed by atoms with Crippen LogP contribution in [0.3, 0.4) is 0 Å². The maximum absolute atomic E-state index is 12.2. The van der Waals surface area contributed by atoms with Crippen molar-refractivity contribution in [1.29, 1.82) is 0 Å². The molecule has 80 valence electrons. The lowest BCUT2D eigenvalue weighted by Crippen LogP contribution is -2.09. The Morgan fingerprint density at radius 3 is 3.25 bits per heavy atom. The Balaban J connectivity index is 1.96. The van der Waals surface area contributed by atoms with Gasteiger partial charge in [0.1, 0.15) is 0 Å². The van der Waals surface area contributed by atoms with Gasteiger partial charge in [-0.05, 0) is 24.5 Å². The van der Waals surface area contributed by atoms with E-state index in [2.05, 4.69) is 16.0 Å². The lowest BCUT2D eigenvalue weighted by molar-refractivity contribution is 0.0962. The summed E-state index contributed by atoms with van der Waals surface area (Å²) < 4.78 is 0. The van der Waals surface area contributed by atoms with E-state index in [1.54, 1.807) is 17.9 Å². The molecule has 1 aliphatic carbocycles. The van der Waals surface area contributed by atoms with Crippen molar-refractivity contribution in [2.24, 2.45) is 0 Å². The first-order chi connectivity index (χ1) is 7.86. The van der Waals surface area contributed by atoms with E-state index in [1.165, 1.54) is 16.9 Å². The molecule has 0 saturated carbocycles. The van der Waals surface area contributed by atoms with Gasteiger partial charge < -0.3 is 0 Å². The highest BCUT2D eigenvalue weighted by Crippen LogP contribution is 2.34. The van der Waals surface area contributed by atoms with Gasteiger partial charge in [-0.15, -0.1) is 11.3 Å². The average molecular weight is 230 g/mol. The number of aromatic nitrogens is 2. The van der Waals surface area contributed by atoms with Crippen molar-refractivity contribution >= 4 is 17.1 Å². The van der Waals surface area contributed by atoms with Crippen LogP contribution in [0.1, 0.15) is 33.3 Å². The Hall–Kier alpha value is -1.55. The van der Waals surface area contributed by atoms with Crippen molar-refractivity contribution in [2.75, 3.05) is 0 Å². The quantitative estimate of drug-likeness (QED) is 0.744. The van der Waals surface area contributed by atoms with Crippen molar-refractivity contribution in [3.63, 3.8) is 0 Å². The topological polar surface area (TPSA) is 42.9 Å². The number of ketones is 1. The summed E-state index contributed by atoms with van der Waals surface area (Å²) in [5.41, 5.74) is 3.87. The van der Waals surface area contributed by atoms with Crippen LogP contribution in [0.15, 0.2) is 30.0 Å². The van der Waals surface area contributed by atoms with Crippen LogP contribution in [0.5, 0.6) is 0 Å². The van der Waals surface area contributed by atoms with Crippen molar-refractivity contribution in [3.05, 3.63) is 46.2 Å². The van der Waals surface area contributed by atoms with Crippen molar-refractivity contribution in [3.8, 4) is 0 Å². The summed E-state index contributed by atoms with van der Waals surface area (Å²) in [6, 6.07) is 3.99. The molecule has 0 amide bonds. The van der Waals surface area contributed by atoms with Gasteiger partial charge in [-0.3, -0.25) is 14.8 Å². The lowest BCUT2D eigenvalue weighted by Gasteiger charge is -2.06. The third-order valence-corrected chi connectivity index (χ3v) is 3.74. The van der Waals surface area contributed by atoms with Gasteiger partial charge in [0.2, 0.25) is 0 Å². The third-order valence-electron chi connectivity index (χ3n) is 2.95. The number of rotatable bonds is 2. The predicted octanol–water partition coefficient (Wildman–Crippen LogP) is 2.45. The van der Waals surface area contributed by atoms with E-state index >= 15 is 0 Å². The number of Topliss-reactive ketones (excluding diaryl/α,β-unsaturated/α-hetero) is 1. The Kier molecular flexibility index (Phi) is 2.29. The fraction of sp³-hybridized carbons (Fsp3) is 0.250. The molecule has 1 aliphatic rings. The molecule has 4 heteroatoms. The SMILES string of the molecule is O=C(c1cncs1)C1CCc2cccnc21. The zero-order valence-electron chi connectivity index (χ0n) is 8.59. The first-order valence-electron chi connectivity index (χ1n) is 5.23. The normalized spacial score (nSPS) is 18.4. The van der Waals surface area contributed by atoms with Gasteiger partial charge in [0.15, 0.2) is 5.78 Å². The number of carbonyl (C=O) groups excluding carboxylic acids is 1. The van der Waals surface area contributed by atoms with Crippen LogP contribution in [0.4, 0.5) is 0 Å². The number of aryl methyl sites for hydroxylation is 1. The van der Waals surface area contributed by atoms with Crippen LogP contribution in [-0.4, -0.2) is 15.8 Å². The number of fused-ring (bicyclic) bond motifs is 1. The highest BCUT2D eigenvalue weighted by atomic mass is 32.1. The number of hydrogen-bond acceptors (Lipinski definition) is 4. The third kappa shape index (κ3) is 1.46. The highest BCUT2D eigenvalue weighted by molar-refractivity contribution is 7.11. The van der Waals surface area contributed by atoms with E-state index in [9.17, 15) is 4.79 Å². The summed E-state index contributed by atoms with van der Waals surface area (Å²) in [7, 11) is 0. The van der Waals surface area contributed by atoms with Gasteiger partial charge in [-0.1, -0.05) is 6.07 Å². The number of carbonyl (C=O) groups is 1. The molecule has 16 heavy (non-hydrogen) atoms. The molecule has 2 heterocycles. The van der Waals surface area contributed by atoms with E-state index in [0.717, 1.165) is 23.4 Å². The van der Waals surface area contributed by atoms with Crippen LogP contribution in [0.2, 0.25) is 0 Å². The molecule has 0 aliphatic heterocycles. The van der Waals surface area contributed by atoms with Gasteiger partial charge in [-0.25, -0.2) is 0 Å². The first-order valence-corrected chi connectivity index (χ1v) is 6.10. The highest BCUT2D eigenvalue weighted by Gasteiger charge is 2.30. The molecule has 3 rings (SSSR count). The van der Waals surface area contributed by atoms with E-state index < -0.39 is 0 Å². The molecule has 0 fully saturated rings. The van der Waals surface area contributed by atoms with E-state index in [4.69, 9.17) is 0 Å². The monoisotopic (exact) mass is 230 g/mol. The smallest absolute Gasteiger partial charge is 0.183 e. The Labute approximate surface area is 97.2 Å². The molecule has 0 aromatic carbocycles. The van der Waals surface area contributed by atoms with Crippen LogP contribution < -0.4 is 0 Å². The van der Waals surface area contributed by atoms with Crippen molar-refractivity contribution in [1.82, 2.24) is 9.97 Å². The summed E-state index contributed by atoms with van der Waals surface area (Å²) in [5, 5.41) is 0. The summed E-state index contributed by atoms with van der Waals surface area (Å²) >= 11 is 1.40. The van der Waals surface area contributed by atoms with Gasteiger partial charge in [0.05, 0.1) is 22.0 Å². The minimum absolute atomic E-state index is 0.0587. The minimum Gasteiger partial charge on any atom is -0.292 e. The fourth-order valence-corrected chi connectivity index (χ4v) is 2.79. The molecule has 0 radical (unpaired) electrons. The molecule has 3 nitrogen and oxygen atoms in total. The van der Waals surface area contributed by atoms with Crippen LogP contribution in [0, 0.1) is 0 Å². The molecule has 0 bridgehead atoms. The second-order valence-corrected chi connectivity index (χ2v) is 4.76. The second-order valence-electron chi connectivity index (χ2n) is 3.87. The van der Waals surface area contributed by atoms with E-state index in [-0.39, 0.29) is 11.7 Å². The number of hydrogen-bond donors (Lipinski definition) is 0. The number of pyridine rings is 1. The van der Waals surface area contributed by atoms with Gasteiger partial charge in [-0.2, -0.15) is 0 Å². The summed E-state index contributed by atoms with van der Waals surface area (Å²) in [6.07, 6.45) is 5.24. The minimum atomic E-state index is -0.0587. The molecule has 2 aromatic rings. The van der Waals surface area contributed by atoms with E-state index in [1.807, 2.05) is 6.07 Å². The zero-order chi connectivity index (χ0) is 11.0. The molecular weight excluding hydrogens is 220 g/mol. The molecular formula is C12H10N2OS. The van der Waals surface area contributed by atoms with E-state index in [0.29, 0.717) is 0 Å². The molecule has 0 spiro atoms. The Morgan fingerprint density at radius 1 is 1.50 bits per heavy atom. The first kappa shape index (κ1) is 9.66. The van der Waals surface area contributed by atoms with Crippen molar-refractivity contribution in [2.45, 2.75) is 18.8 Å². The average Bonchev–Trinajstić information content (AvgIpc) is 2.98. The number of thiazole rings is 1. The number of nitrogens with zero attached hydrogens (tertiary/aromatic N) is 2. The van der Waals surface area contributed by atoms with Crippen LogP contribution in [0.25, 0.3) is 0 Å². The largest absolute Gasteiger partial charge is 0.292 e. The zero-order valence-corrected chi connectivity index (χ0v) is 9.41. The standard InChI is InChI=1S/C12H10N2OS/c15-12(10-6-13-7-16-10)9-4-3-8-2-1-5-14-11(8)9/h1-2,5-7,9H,3-4H2. The van der Waals surface area contributed by atoms with Gasteiger partial charge in [0.25, 0.3) is 0 Å². The fourth-order valence-electron chi connectivity index (χ4n) is 2.18. The predicted molar refractivity (Wildman–Crippen MR) is 61.7 cm³/mol. The molecule has 1 unspecified atom stereocenters. The summed E-state index contributed by atoms with van der Waals surface area (Å²) in [4.78, 5) is 21.2. The van der Waals surface area contributed by atoms with Crippen LogP contribution in [-0.2, 0) is 6.42 Å². The molecule has 1 atom stereocenters. The van der Waals surface area contributed by atoms with Gasteiger partial charge >= 0.3 is 0 Å². The van der Waals surface area contributed by atoms with Gasteiger partial charge in [0, 0.05) is 12.4 Å². The maximum atomic E-state index is 12.2. The molecule has 2 aromatic heterocycles.